The Balaban J connectivity index is 1.79. The first kappa shape index (κ1) is 17.3. The highest BCUT2D eigenvalue weighted by Crippen LogP contribution is 2.14. The summed E-state index contributed by atoms with van der Waals surface area (Å²) in [6.07, 6.45) is 1.97. The number of hydrogen-bond donors (Lipinski definition) is 1. The second-order valence-electron chi connectivity index (χ2n) is 5.60. The molecular formula is C17H24N2O4. The molecule has 1 aliphatic heterocycles. The molecule has 126 valence electrons. The van der Waals surface area contributed by atoms with Crippen LogP contribution in [0, 0.1) is 0 Å². The lowest BCUT2D eigenvalue weighted by Gasteiger charge is -2.32. The van der Waals surface area contributed by atoms with Crippen LogP contribution in [0.5, 0.6) is 5.75 Å². The van der Waals surface area contributed by atoms with Crippen molar-refractivity contribution in [2.75, 3.05) is 33.9 Å². The van der Waals surface area contributed by atoms with Gasteiger partial charge in [0, 0.05) is 31.8 Å². The minimum atomic E-state index is -0.0863. The van der Waals surface area contributed by atoms with Crippen molar-refractivity contribution in [3.05, 3.63) is 29.8 Å². The molecule has 0 saturated carbocycles. The number of nitrogens with zero attached hydrogens (tertiary/aromatic N) is 1. The molecule has 2 rings (SSSR count). The molecule has 6 nitrogen and oxygen atoms in total. The van der Waals surface area contributed by atoms with Gasteiger partial charge in [0.1, 0.15) is 5.75 Å². The highest BCUT2D eigenvalue weighted by Gasteiger charge is 2.23. The van der Waals surface area contributed by atoms with Gasteiger partial charge in [-0.15, -0.1) is 0 Å². The Labute approximate surface area is 136 Å². The summed E-state index contributed by atoms with van der Waals surface area (Å²) in [6, 6.07) is 7.14. The third-order valence-electron chi connectivity index (χ3n) is 4.06. The molecule has 0 aliphatic carbocycles. The summed E-state index contributed by atoms with van der Waals surface area (Å²) in [4.78, 5) is 26.0. The molecule has 0 spiro atoms. The zero-order valence-electron chi connectivity index (χ0n) is 13.7. The molecular weight excluding hydrogens is 296 g/mol. The Hall–Kier alpha value is -2.08. The quantitative estimate of drug-likeness (QED) is 0.861. The van der Waals surface area contributed by atoms with E-state index in [0.29, 0.717) is 31.7 Å². The van der Waals surface area contributed by atoms with Gasteiger partial charge < -0.3 is 19.7 Å². The molecule has 1 fully saturated rings. The first-order chi connectivity index (χ1) is 11.1. The van der Waals surface area contributed by atoms with E-state index in [1.807, 2.05) is 4.90 Å². The van der Waals surface area contributed by atoms with Crippen molar-refractivity contribution >= 4 is 11.8 Å². The van der Waals surface area contributed by atoms with Crippen molar-refractivity contribution in [1.29, 1.82) is 0 Å². The second-order valence-corrected chi connectivity index (χ2v) is 5.60. The van der Waals surface area contributed by atoms with Gasteiger partial charge in [-0.3, -0.25) is 9.59 Å². The van der Waals surface area contributed by atoms with Crippen LogP contribution in [-0.2, 0) is 9.53 Å². The van der Waals surface area contributed by atoms with E-state index in [2.05, 4.69) is 5.32 Å². The fourth-order valence-electron chi connectivity index (χ4n) is 2.63. The van der Waals surface area contributed by atoms with Gasteiger partial charge in [0.15, 0.2) is 0 Å². The molecule has 0 aromatic heterocycles. The number of carbonyl (C=O) groups excluding carboxylic acids is 2. The van der Waals surface area contributed by atoms with Crippen LogP contribution in [-0.4, -0.2) is 56.7 Å². The van der Waals surface area contributed by atoms with Crippen LogP contribution >= 0.6 is 0 Å². The number of carbonyl (C=O) groups is 2. The second kappa shape index (κ2) is 8.53. The van der Waals surface area contributed by atoms with E-state index in [9.17, 15) is 9.59 Å². The number of likely N-dealkylation sites (tertiary alicyclic amines) is 1. The highest BCUT2D eigenvalue weighted by molar-refractivity contribution is 5.94. The summed E-state index contributed by atoms with van der Waals surface area (Å²) < 4.78 is 10.0. The standard InChI is InChI=1S/C17H24N2O4/c1-22-12-9-16(20)19-10-7-14(8-11-19)18-17(21)13-3-5-15(23-2)6-4-13/h3-6,14H,7-12H2,1-2H3,(H,18,21). The van der Waals surface area contributed by atoms with Crippen LogP contribution in [0.1, 0.15) is 29.6 Å². The van der Waals surface area contributed by atoms with Crippen LogP contribution in [0.2, 0.25) is 0 Å². The third-order valence-corrected chi connectivity index (χ3v) is 4.06. The summed E-state index contributed by atoms with van der Waals surface area (Å²) in [6.45, 7) is 1.80. The van der Waals surface area contributed by atoms with Gasteiger partial charge in [-0.1, -0.05) is 0 Å². The Morgan fingerprint density at radius 1 is 1.17 bits per heavy atom. The van der Waals surface area contributed by atoms with E-state index in [1.54, 1.807) is 38.5 Å². The SMILES string of the molecule is COCCC(=O)N1CCC(NC(=O)c2ccc(OC)cc2)CC1. The monoisotopic (exact) mass is 320 g/mol. The summed E-state index contributed by atoms with van der Waals surface area (Å²) >= 11 is 0. The molecule has 1 heterocycles. The summed E-state index contributed by atoms with van der Waals surface area (Å²) in [5, 5.41) is 3.03. The number of amides is 2. The minimum Gasteiger partial charge on any atom is -0.497 e. The first-order valence-electron chi connectivity index (χ1n) is 7.85. The Morgan fingerprint density at radius 3 is 2.39 bits per heavy atom. The minimum absolute atomic E-state index is 0.0863. The van der Waals surface area contributed by atoms with Crippen LogP contribution in [0.3, 0.4) is 0 Å². The van der Waals surface area contributed by atoms with Gasteiger partial charge in [0.05, 0.1) is 20.1 Å². The number of rotatable bonds is 6. The molecule has 0 atom stereocenters. The van der Waals surface area contributed by atoms with Crippen LogP contribution in [0.25, 0.3) is 0 Å². The van der Waals surface area contributed by atoms with E-state index in [-0.39, 0.29) is 17.9 Å². The predicted molar refractivity (Wildman–Crippen MR) is 86.6 cm³/mol. The lowest BCUT2D eigenvalue weighted by atomic mass is 10.0. The van der Waals surface area contributed by atoms with E-state index in [1.165, 1.54) is 0 Å². The van der Waals surface area contributed by atoms with E-state index in [0.717, 1.165) is 18.6 Å². The predicted octanol–water partition coefficient (Wildman–Crippen LogP) is 1.45. The fourth-order valence-corrected chi connectivity index (χ4v) is 2.63. The van der Waals surface area contributed by atoms with Crippen molar-refractivity contribution < 1.29 is 19.1 Å². The summed E-state index contributed by atoms with van der Waals surface area (Å²) in [5.41, 5.74) is 0.615. The molecule has 23 heavy (non-hydrogen) atoms. The maximum atomic E-state index is 12.2. The van der Waals surface area contributed by atoms with Crippen LogP contribution < -0.4 is 10.1 Å². The van der Waals surface area contributed by atoms with Crippen LogP contribution in [0.4, 0.5) is 0 Å². The fraction of sp³-hybridized carbons (Fsp3) is 0.529. The normalized spacial score (nSPS) is 15.3. The Kier molecular flexibility index (Phi) is 6.40. The van der Waals surface area contributed by atoms with Crippen LogP contribution in [0.15, 0.2) is 24.3 Å². The van der Waals surface area contributed by atoms with E-state index in [4.69, 9.17) is 9.47 Å². The van der Waals surface area contributed by atoms with E-state index < -0.39 is 0 Å². The number of benzene rings is 1. The molecule has 1 aromatic rings. The number of hydrogen-bond acceptors (Lipinski definition) is 4. The average molecular weight is 320 g/mol. The van der Waals surface area contributed by atoms with Gasteiger partial charge >= 0.3 is 0 Å². The van der Waals surface area contributed by atoms with Gasteiger partial charge in [-0.25, -0.2) is 0 Å². The molecule has 0 unspecified atom stereocenters. The van der Waals surface area contributed by atoms with Crippen molar-refractivity contribution in [2.45, 2.75) is 25.3 Å². The Morgan fingerprint density at radius 2 is 1.83 bits per heavy atom. The lowest BCUT2D eigenvalue weighted by molar-refractivity contribution is -0.133. The zero-order valence-corrected chi connectivity index (χ0v) is 13.7. The Bertz CT molecular complexity index is 522. The van der Waals surface area contributed by atoms with Crippen molar-refractivity contribution in [3.8, 4) is 5.75 Å². The number of ether oxygens (including phenoxy) is 2. The molecule has 1 N–H and O–H groups in total. The molecule has 0 radical (unpaired) electrons. The topological polar surface area (TPSA) is 67.9 Å². The maximum Gasteiger partial charge on any atom is 0.251 e. The van der Waals surface area contributed by atoms with Gasteiger partial charge in [-0.05, 0) is 37.1 Å². The molecule has 1 aliphatic rings. The van der Waals surface area contributed by atoms with Gasteiger partial charge in [0.2, 0.25) is 5.91 Å². The molecule has 2 amide bonds. The summed E-state index contributed by atoms with van der Waals surface area (Å²) in [5.74, 6) is 0.757. The molecule has 0 bridgehead atoms. The van der Waals surface area contributed by atoms with Crippen molar-refractivity contribution in [3.63, 3.8) is 0 Å². The maximum absolute atomic E-state index is 12.2. The largest absolute Gasteiger partial charge is 0.497 e. The average Bonchev–Trinajstić information content (AvgIpc) is 2.60. The molecule has 6 heteroatoms. The zero-order chi connectivity index (χ0) is 16.7. The number of methoxy groups -OCH3 is 2. The smallest absolute Gasteiger partial charge is 0.251 e. The third kappa shape index (κ3) is 4.96. The molecule has 1 aromatic carbocycles. The van der Waals surface area contributed by atoms with Gasteiger partial charge in [0.25, 0.3) is 5.91 Å². The molecule has 1 saturated heterocycles. The summed E-state index contributed by atoms with van der Waals surface area (Å²) in [7, 11) is 3.19. The highest BCUT2D eigenvalue weighted by atomic mass is 16.5. The first-order valence-corrected chi connectivity index (χ1v) is 7.85. The van der Waals surface area contributed by atoms with E-state index >= 15 is 0 Å². The van der Waals surface area contributed by atoms with Crippen molar-refractivity contribution in [1.82, 2.24) is 10.2 Å². The van der Waals surface area contributed by atoms with Gasteiger partial charge in [-0.2, -0.15) is 0 Å². The number of nitrogens with one attached hydrogen (secondary N) is 1. The number of piperidine rings is 1. The van der Waals surface area contributed by atoms with Crippen molar-refractivity contribution in [2.24, 2.45) is 0 Å². The lowest BCUT2D eigenvalue weighted by Crippen LogP contribution is -2.46.